The molecule has 0 radical (unpaired) electrons. The quantitative estimate of drug-likeness (QED) is 0.367. The number of aromatic carboxylic acids is 1. The highest BCUT2D eigenvalue weighted by atomic mass is 16.5. The van der Waals surface area contributed by atoms with Crippen molar-refractivity contribution in [3.63, 3.8) is 0 Å². The molecular formula is C29H28N4O4. The maximum Gasteiger partial charge on any atom is 0.335 e. The Morgan fingerprint density at radius 1 is 1.05 bits per heavy atom. The summed E-state index contributed by atoms with van der Waals surface area (Å²) in [5, 5.41) is 10.2. The van der Waals surface area contributed by atoms with Gasteiger partial charge in [-0.3, -0.25) is 9.69 Å². The van der Waals surface area contributed by atoms with E-state index < -0.39 is 5.97 Å². The number of carboxylic acids is 1. The number of amides is 1. The van der Waals surface area contributed by atoms with Crippen LogP contribution in [-0.4, -0.2) is 70.0 Å². The van der Waals surface area contributed by atoms with Gasteiger partial charge in [-0.15, -0.1) is 0 Å². The molecule has 1 aliphatic heterocycles. The average molecular weight is 497 g/mol. The largest absolute Gasteiger partial charge is 0.496 e. The standard InChI is InChI=1S/C29H28N4O4/c1-3-27(34)33-14-12-32(13-15-33)18-19-4-9-26(37-2)24(16-19)25-17-23-22(10-11-30-28(23)31-25)20-5-7-21(8-6-20)29(35)36/h3-11,16-17H,1,12-15,18H2,2H3,(H,30,31)(H,35,36). The first kappa shape index (κ1) is 24.3. The van der Waals surface area contributed by atoms with Crippen molar-refractivity contribution < 1.29 is 19.4 Å². The number of methoxy groups -OCH3 is 1. The molecule has 0 atom stereocenters. The molecule has 1 fully saturated rings. The van der Waals surface area contributed by atoms with Crippen LogP contribution in [0.25, 0.3) is 33.4 Å². The second-order valence-corrected chi connectivity index (χ2v) is 9.03. The summed E-state index contributed by atoms with van der Waals surface area (Å²) in [6, 6.07) is 17.0. The van der Waals surface area contributed by atoms with Crippen LogP contribution in [-0.2, 0) is 11.3 Å². The summed E-state index contributed by atoms with van der Waals surface area (Å²) in [6.45, 7) is 7.35. The second-order valence-electron chi connectivity index (χ2n) is 9.03. The van der Waals surface area contributed by atoms with Crippen molar-refractivity contribution in [1.29, 1.82) is 0 Å². The van der Waals surface area contributed by atoms with Gasteiger partial charge in [0.1, 0.15) is 11.4 Å². The number of piperazine rings is 1. The molecule has 1 amide bonds. The third-order valence-corrected chi connectivity index (χ3v) is 6.79. The van der Waals surface area contributed by atoms with Gasteiger partial charge in [-0.2, -0.15) is 0 Å². The number of aromatic nitrogens is 2. The first-order valence-corrected chi connectivity index (χ1v) is 12.1. The Morgan fingerprint density at radius 3 is 2.49 bits per heavy atom. The smallest absolute Gasteiger partial charge is 0.335 e. The number of hydrogen-bond donors (Lipinski definition) is 2. The van der Waals surface area contributed by atoms with Crippen molar-refractivity contribution in [1.82, 2.24) is 19.8 Å². The Hall–Kier alpha value is -4.43. The number of hydrogen-bond acceptors (Lipinski definition) is 5. The second kappa shape index (κ2) is 10.3. The molecular weight excluding hydrogens is 468 g/mol. The van der Waals surface area contributed by atoms with Crippen LogP contribution in [0, 0.1) is 0 Å². The van der Waals surface area contributed by atoms with Crippen molar-refractivity contribution >= 4 is 22.9 Å². The summed E-state index contributed by atoms with van der Waals surface area (Å²) in [5.74, 6) is -0.213. The molecule has 8 nitrogen and oxygen atoms in total. The molecule has 0 bridgehead atoms. The van der Waals surface area contributed by atoms with Crippen LogP contribution in [0.2, 0.25) is 0 Å². The number of H-pyrrole nitrogens is 1. The summed E-state index contributed by atoms with van der Waals surface area (Å²) in [7, 11) is 1.66. The number of carbonyl (C=O) groups is 2. The van der Waals surface area contributed by atoms with E-state index >= 15 is 0 Å². The lowest BCUT2D eigenvalue weighted by atomic mass is 10.0. The molecule has 3 heterocycles. The van der Waals surface area contributed by atoms with E-state index in [9.17, 15) is 14.7 Å². The summed E-state index contributed by atoms with van der Waals surface area (Å²) in [5.41, 5.74) is 5.84. The number of fused-ring (bicyclic) bond motifs is 1. The molecule has 188 valence electrons. The maximum atomic E-state index is 11.9. The van der Waals surface area contributed by atoms with Crippen LogP contribution < -0.4 is 4.74 Å². The maximum absolute atomic E-state index is 11.9. The Morgan fingerprint density at radius 2 is 1.81 bits per heavy atom. The molecule has 1 aliphatic rings. The van der Waals surface area contributed by atoms with E-state index in [2.05, 4.69) is 39.6 Å². The lowest BCUT2D eigenvalue weighted by Crippen LogP contribution is -2.47. The van der Waals surface area contributed by atoms with Crippen molar-refractivity contribution in [2.45, 2.75) is 6.54 Å². The minimum Gasteiger partial charge on any atom is -0.496 e. The van der Waals surface area contributed by atoms with E-state index in [1.807, 2.05) is 29.2 Å². The first-order chi connectivity index (χ1) is 18.0. The van der Waals surface area contributed by atoms with Gasteiger partial charge >= 0.3 is 5.97 Å². The van der Waals surface area contributed by atoms with Crippen LogP contribution in [0.3, 0.4) is 0 Å². The molecule has 0 unspecified atom stereocenters. The first-order valence-electron chi connectivity index (χ1n) is 12.1. The number of carboxylic acid groups (broad SMARTS) is 1. The van der Waals surface area contributed by atoms with E-state index in [-0.39, 0.29) is 11.5 Å². The molecule has 2 aromatic heterocycles. The van der Waals surface area contributed by atoms with Gasteiger partial charge in [0.15, 0.2) is 0 Å². The molecule has 4 aromatic rings. The Balaban J connectivity index is 1.43. The summed E-state index contributed by atoms with van der Waals surface area (Å²) in [6.07, 6.45) is 3.12. The normalized spacial score (nSPS) is 14.0. The number of rotatable bonds is 7. The van der Waals surface area contributed by atoms with Gasteiger partial charge in [0.05, 0.1) is 18.4 Å². The molecule has 8 heteroatoms. The Kier molecular flexibility index (Phi) is 6.74. The molecule has 0 saturated carbocycles. The fourth-order valence-electron chi connectivity index (χ4n) is 4.79. The van der Waals surface area contributed by atoms with Gasteiger partial charge < -0.3 is 19.7 Å². The van der Waals surface area contributed by atoms with Gasteiger partial charge in [0, 0.05) is 49.9 Å². The van der Waals surface area contributed by atoms with Crippen LogP contribution in [0.5, 0.6) is 5.75 Å². The monoisotopic (exact) mass is 496 g/mol. The van der Waals surface area contributed by atoms with Crippen LogP contribution >= 0.6 is 0 Å². The van der Waals surface area contributed by atoms with Crippen molar-refractivity contribution in [2.75, 3.05) is 33.3 Å². The number of pyridine rings is 1. The zero-order valence-corrected chi connectivity index (χ0v) is 20.6. The number of nitrogens with zero attached hydrogens (tertiary/aromatic N) is 3. The minimum atomic E-state index is -0.950. The van der Waals surface area contributed by atoms with Gasteiger partial charge in [-0.25, -0.2) is 9.78 Å². The number of carbonyl (C=O) groups excluding carboxylic acids is 1. The molecule has 1 saturated heterocycles. The zero-order valence-electron chi connectivity index (χ0n) is 20.6. The zero-order chi connectivity index (χ0) is 25.9. The number of benzene rings is 2. The SMILES string of the molecule is C=CC(=O)N1CCN(Cc2ccc(OC)c(-c3cc4c(-c5ccc(C(=O)O)cc5)ccnc4[nH]3)c2)CC1. The third kappa shape index (κ3) is 4.96. The summed E-state index contributed by atoms with van der Waals surface area (Å²) < 4.78 is 5.68. The van der Waals surface area contributed by atoms with Gasteiger partial charge in [0.25, 0.3) is 0 Å². The third-order valence-electron chi connectivity index (χ3n) is 6.79. The number of aromatic amines is 1. The Labute approximate surface area is 214 Å². The fourth-order valence-corrected chi connectivity index (χ4v) is 4.79. The lowest BCUT2D eigenvalue weighted by molar-refractivity contribution is -0.127. The van der Waals surface area contributed by atoms with E-state index in [4.69, 9.17) is 4.74 Å². The number of nitrogens with one attached hydrogen (secondary N) is 1. The van der Waals surface area contributed by atoms with Crippen LogP contribution in [0.15, 0.2) is 73.4 Å². The predicted molar refractivity (Wildman–Crippen MR) is 143 cm³/mol. The molecule has 0 spiro atoms. The lowest BCUT2D eigenvalue weighted by Gasteiger charge is -2.34. The van der Waals surface area contributed by atoms with Gasteiger partial charge in [0.2, 0.25) is 5.91 Å². The van der Waals surface area contributed by atoms with Crippen LogP contribution in [0.4, 0.5) is 0 Å². The summed E-state index contributed by atoms with van der Waals surface area (Å²) >= 11 is 0. The predicted octanol–water partition coefficient (Wildman–Crippen LogP) is 4.43. The van der Waals surface area contributed by atoms with E-state index in [1.54, 1.807) is 25.4 Å². The summed E-state index contributed by atoms with van der Waals surface area (Å²) in [4.78, 5) is 35.2. The van der Waals surface area contributed by atoms with Crippen molar-refractivity contribution in [3.8, 4) is 28.1 Å². The highest BCUT2D eigenvalue weighted by Gasteiger charge is 2.20. The highest BCUT2D eigenvalue weighted by Crippen LogP contribution is 2.36. The van der Waals surface area contributed by atoms with Gasteiger partial charge in [-0.1, -0.05) is 24.8 Å². The average Bonchev–Trinajstić information content (AvgIpc) is 3.37. The molecule has 37 heavy (non-hydrogen) atoms. The fraction of sp³-hybridized carbons (Fsp3) is 0.207. The molecule has 2 N–H and O–H groups in total. The van der Waals surface area contributed by atoms with Crippen LogP contribution in [0.1, 0.15) is 15.9 Å². The van der Waals surface area contributed by atoms with Crippen molar-refractivity contribution in [2.24, 2.45) is 0 Å². The number of ether oxygens (including phenoxy) is 1. The van der Waals surface area contributed by atoms with Crippen molar-refractivity contribution in [3.05, 3.63) is 84.6 Å². The van der Waals surface area contributed by atoms with Gasteiger partial charge in [-0.05, 0) is 59.2 Å². The molecule has 2 aromatic carbocycles. The molecule has 0 aliphatic carbocycles. The molecule has 5 rings (SSSR count). The minimum absolute atomic E-state index is 0.0176. The van der Waals surface area contributed by atoms with E-state index in [0.29, 0.717) is 13.1 Å². The Bertz CT molecular complexity index is 1470. The van der Waals surface area contributed by atoms with E-state index in [0.717, 1.165) is 64.4 Å². The van der Waals surface area contributed by atoms with E-state index in [1.165, 1.54) is 6.08 Å². The highest BCUT2D eigenvalue weighted by molar-refractivity contribution is 5.97. The topological polar surface area (TPSA) is 98.8 Å².